The molecule has 0 aliphatic carbocycles. The van der Waals surface area contributed by atoms with Crippen molar-refractivity contribution in [1.29, 1.82) is 0 Å². The van der Waals surface area contributed by atoms with Crippen LogP contribution in [-0.2, 0) is 10.0 Å². The van der Waals surface area contributed by atoms with Crippen LogP contribution in [0.4, 0.5) is 4.39 Å². The van der Waals surface area contributed by atoms with Crippen molar-refractivity contribution in [1.82, 2.24) is 14.5 Å². The van der Waals surface area contributed by atoms with Gasteiger partial charge in [0.15, 0.2) is 5.15 Å². The zero-order chi connectivity index (χ0) is 19.2. The van der Waals surface area contributed by atoms with Crippen molar-refractivity contribution in [3.63, 3.8) is 0 Å². The number of hydrogen-bond donors (Lipinski definition) is 2. The first kappa shape index (κ1) is 18.4. The number of carbonyl (C=O) groups is 1. The third-order valence-electron chi connectivity index (χ3n) is 3.41. The van der Waals surface area contributed by atoms with Crippen LogP contribution in [-0.4, -0.2) is 35.5 Å². The molecule has 1 amide bonds. The van der Waals surface area contributed by atoms with Gasteiger partial charge < -0.3 is 5.11 Å². The second-order valence-electron chi connectivity index (χ2n) is 5.39. The van der Waals surface area contributed by atoms with Gasteiger partial charge in [-0.3, -0.25) is 4.79 Å². The van der Waals surface area contributed by atoms with Crippen LogP contribution in [0.2, 0.25) is 10.2 Å². The summed E-state index contributed by atoms with van der Waals surface area (Å²) < 4.78 is 39.6. The van der Waals surface area contributed by atoms with Crippen molar-refractivity contribution < 1.29 is 22.7 Å². The lowest BCUT2D eigenvalue weighted by Gasteiger charge is -2.10. The number of phenols is 1. The fraction of sp³-hybridized carbons (Fsp3) is 0.0667. The van der Waals surface area contributed by atoms with Crippen molar-refractivity contribution >= 4 is 50.0 Å². The molecule has 136 valence electrons. The van der Waals surface area contributed by atoms with Crippen LogP contribution in [0.1, 0.15) is 10.4 Å². The summed E-state index contributed by atoms with van der Waals surface area (Å²) in [4.78, 5) is 11.9. The van der Waals surface area contributed by atoms with E-state index in [4.69, 9.17) is 23.2 Å². The van der Waals surface area contributed by atoms with Gasteiger partial charge in [-0.2, -0.15) is 5.10 Å². The van der Waals surface area contributed by atoms with Crippen molar-refractivity contribution in [2.24, 2.45) is 0 Å². The molecule has 0 aliphatic rings. The monoisotopic (exact) mass is 417 g/mol. The molecule has 11 heteroatoms. The fourth-order valence-corrected chi connectivity index (χ4v) is 3.27. The van der Waals surface area contributed by atoms with Crippen LogP contribution in [0.25, 0.3) is 16.6 Å². The average Bonchev–Trinajstić information content (AvgIpc) is 2.84. The number of amides is 1. The number of hydrogen-bond acceptors (Lipinski definition) is 5. The van der Waals surface area contributed by atoms with E-state index in [-0.39, 0.29) is 21.6 Å². The first-order valence-corrected chi connectivity index (χ1v) is 9.60. The number of benzene rings is 2. The van der Waals surface area contributed by atoms with Gasteiger partial charge in [0.05, 0.1) is 28.0 Å². The van der Waals surface area contributed by atoms with Gasteiger partial charge in [-0.1, -0.05) is 23.2 Å². The van der Waals surface area contributed by atoms with Crippen LogP contribution in [0.15, 0.2) is 30.3 Å². The molecule has 1 heterocycles. The Morgan fingerprint density at radius 3 is 2.62 bits per heavy atom. The topological polar surface area (TPSA) is 101 Å². The zero-order valence-electron chi connectivity index (χ0n) is 13.0. The molecule has 0 unspecified atom stereocenters. The smallest absolute Gasteiger partial charge is 0.267 e. The van der Waals surface area contributed by atoms with E-state index in [2.05, 4.69) is 5.10 Å². The highest BCUT2D eigenvalue weighted by molar-refractivity contribution is 7.89. The van der Waals surface area contributed by atoms with Crippen molar-refractivity contribution in [2.45, 2.75) is 0 Å². The predicted molar refractivity (Wildman–Crippen MR) is 95.0 cm³/mol. The number of sulfonamides is 1. The Balaban J connectivity index is 2.14. The number of phenolic OH excluding ortho intramolecular Hbond substituents is 1. The van der Waals surface area contributed by atoms with Crippen molar-refractivity contribution in [3.05, 3.63) is 51.9 Å². The first-order valence-electron chi connectivity index (χ1n) is 6.95. The molecule has 0 saturated heterocycles. The number of nitrogens with one attached hydrogen (secondary N) is 1. The molecule has 0 spiro atoms. The summed E-state index contributed by atoms with van der Waals surface area (Å²) in [5, 5.41) is 14.0. The molecule has 0 radical (unpaired) electrons. The van der Waals surface area contributed by atoms with Gasteiger partial charge in [0.2, 0.25) is 10.0 Å². The predicted octanol–water partition coefficient (Wildman–Crippen LogP) is 2.87. The maximum atomic E-state index is 14.4. The molecule has 2 aromatic carbocycles. The van der Waals surface area contributed by atoms with Crippen molar-refractivity contribution in [2.75, 3.05) is 6.26 Å². The van der Waals surface area contributed by atoms with E-state index >= 15 is 0 Å². The largest absolute Gasteiger partial charge is 0.508 e. The number of nitrogens with zero attached hydrogens (tertiary/aromatic N) is 2. The minimum absolute atomic E-state index is 0.0241. The summed E-state index contributed by atoms with van der Waals surface area (Å²) >= 11 is 12.2. The number of carbonyl (C=O) groups excluding carboxylic acids is 1. The van der Waals surface area contributed by atoms with Crippen LogP contribution in [0, 0.1) is 5.82 Å². The van der Waals surface area contributed by atoms with E-state index in [9.17, 15) is 22.7 Å². The van der Waals surface area contributed by atoms with Gasteiger partial charge in [-0.25, -0.2) is 22.2 Å². The van der Waals surface area contributed by atoms with E-state index in [1.807, 2.05) is 0 Å². The summed E-state index contributed by atoms with van der Waals surface area (Å²) in [7, 11) is -3.86. The second-order valence-corrected chi connectivity index (χ2v) is 7.90. The lowest BCUT2D eigenvalue weighted by Crippen LogP contribution is -2.30. The number of rotatable bonds is 3. The summed E-state index contributed by atoms with van der Waals surface area (Å²) in [6, 6.07) is 6.24. The Kier molecular flexibility index (Phi) is 4.55. The van der Waals surface area contributed by atoms with Gasteiger partial charge in [0.25, 0.3) is 5.91 Å². The molecule has 2 N–H and O–H groups in total. The second kappa shape index (κ2) is 6.42. The minimum atomic E-state index is -3.86. The molecule has 26 heavy (non-hydrogen) atoms. The third-order valence-corrected chi connectivity index (χ3v) is 4.54. The summed E-state index contributed by atoms with van der Waals surface area (Å²) in [6.07, 6.45) is 0.770. The number of aromatic nitrogens is 2. The van der Waals surface area contributed by atoms with E-state index in [1.54, 1.807) is 4.72 Å². The van der Waals surface area contributed by atoms with Gasteiger partial charge in [-0.05, 0) is 24.3 Å². The first-order chi connectivity index (χ1) is 12.1. The van der Waals surface area contributed by atoms with Crippen LogP contribution < -0.4 is 4.72 Å². The summed E-state index contributed by atoms with van der Waals surface area (Å²) in [5.74, 6) is -2.17. The van der Waals surface area contributed by atoms with Gasteiger partial charge in [0, 0.05) is 11.5 Å². The maximum absolute atomic E-state index is 14.4. The van der Waals surface area contributed by atoms with E-state index in [0.717, 1.165) is 18.4 Å². The van der Waals surface area contributed by atoms with E-state index in [0.29, 0.717) is 10.9 Å². The molecule has 3 aromatic rings. The highest BCUT2D eigenvalue weighted by Gasteiger charge is 2.20. The number of fused-ring (bicyclic) bond motifs is 1. The summed E-state index contributed by atoms with van der Waals surface area (Å²) in [5.41, 5.74) is -0.00511. The fourth-order valence-electron chi connectivity index (χ4n) is 2.35. The lowest BCUT2D eigenvalue weighted by molar-refractivity contribution is 0.0978. The Hall–Kier alpha value is -2.36. The molecular weight excluding hydrogens is 408 g/mol. The minimum Gasteiger partial charge on any atom is -0.508 e. The van der Waals surface area contributed by atoms with Crippen LogP contribution in [0.5, 0.6) is 5.75 Å². The summed E-state index contributed by atoms with van der Waals surface area (Å²) in [6.45, 7) is 0. The maximum Gasteiger partial charge on any atom is 0.267 e. The van der Waals surface area contributed by atoms with Crippen molar-refractivity contribution in [3.8, 4) is 11.4 Å². The Morgan fingerprint density at radius 1 is 1.27 bits per heavy atom. The Morgan fingerprint density at radius 2 is 1.96 bits per heavy atom. The van der Waals surface area contributed by atoms with E-state index < -0.39 is 27.3 Å². The normalized spacial score (nSPS) is 11.7. The SMILES string of the molecule is CS(=O)(=O)NC(=O)c1cc(Cl)c(-n2nc(Cl)c3cc(O)ccc32)cc1F. The number of halogens is 3. The molecule has 3 rings (SSSR count). The average molecular weight is 418 g/mol. The molecule has 1 aromatic heterocycles. The molecule has 0 fully saturated rings. The van der Waals surface area contributed by atoms with Gasteiger partial charge in [0.1, 0.15) is 11.6 Å². The lowest BCUT2D eigenvalue weighted by atomic mass is 10.1. The Bertz CT molecular complexity index is 1160. The van der Waals surface area contributed by atoms with Gasteiger partial charge >= 0.3 is 0 Å². The highest BCUT2D eigenvalue weighted by atomic mass is 35.5. The Labute approximate surface area is 157 Å². The van der Waals surface area contributed by atoms with Crippen LogP contribution in [0.3, 0.4) is 0 Å². The standard InChI is InChI=1S/C15H10Cl2FN3O4S/c1-26(24,25)20-15(23)8-5-10(16)13(6-11(8)18)21-12-3-2-7(22)4-9(12)14(17)19-21/h2-6,22H,1H3,(H,20,23). The molecule has 0 saturated carbocycles. The highest BCUT2D eigenvalue weighted by Crippen LogP contribution is 2.32. The molecule has 0 atom stereocenters. The molecular formula is C15H10Cl2FN3O4S. The third kappa shape index (κ3) is 3.46. The zero-order valence-corrected chi connectivity index (χ0v) is 15.3. The molecule has 0 bridgehead atoms. The van der Waals surface area contributed by atoms with Gasteiger partial charge in [-0.15, -0.1) is 0 Å². The number of aromatic hydroxyl groups is 1. The molecule has 0 aliphatic heterocycles. The van der Waals surface area contributed by atoms with E-state index in [1.165, 1.54) is 22.9 Å². The molecule has 7 nitrogen and oxygen atoms in total. The van der Waals surface area contributed by atoms with Crippen LogP contribution >= 0.6 is 23.2 Å². The quantitative estimate of drug-likeness (QED) is 0.681.